The minimum atomic E-state index is -5.14. The Hall–Kier alpha value is -2.97. The van der Waals surface area contributed by atoms with Crippen molar-refractivity contribution in [3.05, 3.63) is 85.1 Å². The molecule has 6 N–H and O–H groups in total. The summed E-state index contributed by atoms with van der Waals surface area (Å²) in [6, 6.07) is 0. The molecule has 0 heterocycles. The van der Waals surface area contributed by atoms with Crippen molar-refractivity contribution >= 4 is 19.8 Å². The lowest BCUT2D eigenvalue weighted by atomic mass is 9.85. The summed E-state index contributed by atoms with van der Waals surface area (Å²) in [6.07, 6.45) is 33.6. The number of esters is 2. The number of hydrogen-bond donors (Lipinski definition) is 6. The zero-order valence-electron chi connectivity index (χ0n) is 36.7. The van der Waals surface area contributed by atoms with Crippen LogP contribution in [0, 0.1) is 0 Å². The Balaban J connectivity index is 2.56. The van der Waals surface area contributed by atoms with Crippen molar-refractivity contribution in [1.82, 2.24) is 0 Å². The minimum absolute atomic E-state index is 0.00698. The van der Waals surface area contributed by atoms with Crippen LogP contribution in [0.1, 0.15) is 142 Å². The molecule has 6 unspecified atom stereocenters. The molecule has 0 aromatic carbocycles. The molecule has 1 saturated carbocycles. The number of carbonyl (C=O) groups excluding carboxylic acids is 2. The van der Waals surface area contributed by atoms with Crippen molar-refractivity contribution in [3.63, 3.8) is 0 Å². The van der Waals surface area contributed by atoms with Crippen LogP contribution in [0.4, 0.5) is 0 Å². The minimum Gasteiger partial charge on any atom is -0.462 e. The van der Waals surface area contributed by atoms with Crippen LogP contribution in [-0.4, -0.2) is 98.3 Å². The molecule has 8 atom stereocenters. The van der Waals surface area contributed by atoms with Crippen LogP contribution in [0.5, 0.6) is 0 Å². The molecular weight excluding hydrogens is 803 g/mol. The van der Waals surface area contributed by atoms with E-state index in [0.29, 0.717) is 19.3 Å². The van der Waals surface area contributed by atoms with Gasteiger partial charge in [0.2, 0.25) is 0 Å². The number of phosphoric ester groups is 1. The van der Waals surface area contributed by atoms with Gasteiger partial charge in [-0.3, -0.25) is 18.6 Å². The third-order valence-electron chi connectivity index (χ3n) is 9.72. The lowest BCUT2D eigenvalue weighted by molar-refractivity contribution is -0.220. The van der Waals surface area contributed by atoms with E-state index in [4.69, 9.17) is 18.5 Å². The summed E-state index contributed by atoms with van der Waals surface area (Å²) in [5, 5.41) is 50.1. The zero-order chi connectivity index (χ0) is 45.0. The van der Waals surface area contributed by atoms with Crippen molar-refractivity contribution in [2.75, 3.05) is 13.2 Å². The number of aliphatic hydroxyl groups excluding tert-OH is 5. The van der Waals surface area contributed by atoms with Gasteiger partial charge < -0.3 is 39.9 Å². The highest BCUT2D eigenvalue weighted by atomic mass is 31.2. The van der Waals surface area contributed by atoms with Crippen LogP contribution in [0.25, 0.3) is 0 Å². The SMILES string of the molecule is CC/C=C/C/C=C/C/C=C/C/C=C/C/C=C/CCCC(=O)O[C@H](COC(=O)CCCC/C=C/C/C=C/CCCCCCCC)COP(=O)(O)OC1C(O)C(O)C(O)[C@H](O)C1O. The van der Waals surface area contributed by atoms with Gasteiger partial charge in [0.25, 0.3) is 0 Å². The molecule has 13 nitrogen and oxygen atoms in total. The van der Waals surface area contributed by atoms with Gasteiger partial charge in [0.15, 0.2) is 6.10 Å². The summed E-state index contributed by atoms with van der Waals surface area (Å²) in [5.74, 6) is -1.22. The Morgan fingerprint density at radius 2 is 0.951 bits per heavy atom. The first-order valence-corrected chi connectivity index (χ1v) is 23.9. The van der Waals surface area contributed by atoms with Gasteiger partial charge in [0.1, 0.15) is 43.2 Å². The second kappa shape index (κ2) is 36.5. The standard InChI is InChI=1S/C47H77O13P/c1-3-5-7-9-11-13-15-17-19-20-22-24-26-28-30-32-34-36-41(49)59-39(38-58-61(55,56)60-47-45(53)43(51)42(50)44(52)46(47)54)37-57-40(48)35-33-31-29-27-25-23-21-18-16-14-12-10-8-6-4-2/h5,7,11,13,17-19,21-22,24-25,27-28,30,39,42-47,50-54H,3-4,6,8-10,12,14-16,20,23,26,29,31-38H2,1-2H3,(H,55,56)/b7-5+,13-11+,19-17+,21-18+,24-22+,27-25+,30-28+/t39-,42?,43+,44?,45?,46?,47?/m1/s1. The second-order valence-electron chi connectivity index (χ2n) is 15.2. The van der Waals surface area contributed by atoms with Crippen molar-refractivity contribution < 1.29 is 63.1 Å². The smallest absolute Gasteiger partial charge is 0.462 e. The Morgan fingerprint density at radius 3 is 1.48 bits per heavy atom. The molecular formula is C47H77O13P. The Bertz CT molecular complexity index is 1390. The molecule has 0 bridgehead atoms. The number of carbonyl (C=O) groups is 2. The summed E-state index contributed by atoms with van der Waals surface area (Å²) in [6.45, 7) is 3.08. The van der Waals surface area contributed by atoms with E-state index in [-0.39, 0.29) is 12.8 Å². The quantitative estimate of drug-likeness (QED) is 0.0153. The number of rotatable bonds is 35. The van der Waals surface area contributed by atoms with Gasteiger partial charge in [-0.15, -0.1) is 0 Å². The average molecular weight is 881 g/mol. The highest BCUT2D eigenvalue weighted by Gasteiger charge is 2.51. The van der Waals surface area contributed by atoms with Crippen molar-refractivity contribution in [2.24, 2.45) is 0 Å². The predicted molar refractivity (Wildman–Crippen MR) is 239 cm³/mol. The van der Waals surface area contributed by atoms with E-state index in [1.54, 1.807) is 0 Å². The van der Waals surface area contributed by atoms with Gasteiger partial charge in [0.05, 0.1) is 6.61 Å². The molecule has 1 aliphatic carbocycles. The van der Waals surface area contributed by atoms with Gasteiger partial charge in [-0.05, 0) is 83.5 Å². The highest BCUT2D eigenvalue weighted by Crippen LogP contribution is 2.47. The highest BCUT2D eigenvalue weighted by molar-refractivity contribution is 7.47. The van der Waals surface area contributed by atoms with E-state index < -0.39 is 75.7 Å². The zero-order valence-corrected chi connectivity index (χ0v) is 37.6. The van der Waals surface area contributed by atoms with E-state index in [2.05, 4.69) is 86.8 Å². The molecule has 0 aliphatic heterocycles. The lowest BCUT2D eigenvalue weighted by Gasteiger charge is -2.41. The molecule has 0 saturated heterocycles. The second-order valence-corrected chi connectivity index (χ2v) is 16.6. The maximum absolute atomic E-state index is 12.8. The Kier molecular flexibility index (Phi) is 33.5. The Labute approximate surface area is 365 Å². The van der Waals surface area contributed by atoms with E-state index in [1.807, 2.05) is 12.2 Å². The summed E-state index contributed by atoms with van der Waals surface area (Å²) in [4.78, 5) is 35.6. The van der Waals surface area contributed by atoms with Crippen LogP contribution in [0.2, 0.25) is 0 Å². The molecule has 0 amide bonds. The first-order valence-electron chi connectivity index (χ1n) is 22.4. The van der Waals surface area contributed by atoms with Gasteiger partial charge in [-0.25, -0.2) is 4.57 Å². The molecule has 1 aliphatic rings. The van der Waals surface area contributed by atoms with Crippen molar-refractivity contribution in [2.45, 2.75) is 185 Å². The first-order chi connectivity index (χ1) is 29.4. The normalized spacial score (nSPS) is 22.8. The molecule has 0 aromatic rings. The third-order valence-corrected chi connectivity index (χ3v) is 10.7. The maximum atomic E-state index is 12.8. The third kappa shape index (κ3) is 29.1. The van der Waals surface area contributed by atoms with Crippen LogP contribution >= 0.6 is 7.82 Å². The number of aliphatic hydroxyl groups is 5. The van der Waals surface area contributed by atoms with Crippen LogP contribution in [0.15, 0.2) is 85.1 Å². The molecule has 0 spiro atoms. The molecule has 0 radical (unpaired) electrons. The van der Waals surface area contributed by atoms with Crippen LogP contribution in [0.3, 0.4) is 0 Å². The van der Waals surface area contributed by atoms with Crippen molar-refractivity contribution in [3.8, 4) is 0 Å². The lowest BCUT2D eigenvalue weighted by Crippen LogP contribution is -2.64. The largest absolute Gasteiger partial charge is 0.472 e. The van der Waals surface area contributed by atoms with E-state index in [1.165, 1.54) is 38.5 Å². The molecule has 0 aromatic heterocycles. The topological polar surface area (TPSA) is 210 Å². The number of unbranched alkanes of at least 4 members (excludes halogenated alkanes) is 9. The summed E-state index contributed by atoms with van der Waals surface area (Å²) >= 11 is 0. The number of ether oxygens (including phenoxy) is 2. The molecule has 348 valence electrons. The average Bonchev–Trinajstić information content (AvgIpc) is 3.24. The Morgan fingerprint density at radius 1 is 0.525 bits per heavy atom. The van der Waals surface area contributed by atoms with E-state index >= 15 is 0 Å². The number of hydrogen-bond acceptors (Lipinski definition) is 12. The molecule has 14 heteroatoms. The van der Waals surface area contributed by atoms with Gasteiger partial charge in [-0.1, -0.05) is 131 Å². The fourth-order valence-corrected chi connectivity index (χ4v) is 7.09. The first kappa shape index (κ1) is 56.0. The summed E-state index contributed by atoms with van der Waals surface area (Å²) in [7, 11) is -5.14. The van der Waals surface area contributed by atoms with E-state index in [0.717, 1.165) is 57.8 Å². The summed E-state index contributed by atoms with van der Waals surface area (Å²) < 4.78 is 33.4. The number of phosphoric acid groups is 1. The fraction of sp³-hybridized carbons (Fsp3) is 0.660. The van der Waals surface area contributed by atoms with Crippen molar-refractivity contribution in [1.29, 1.82) is 0 Å². The maximum Gasteiger partial charge on any atom is 0.472 e. The fourth-order valence-electron chi connectivity index (χ4n) is 6.12. The van der Waals surface area contributed by atoms with Gasteiger partial charge in [0, 0.05) is 12.8 Å². The van der Waals surface area contributed by atoms with Crippen LogP contribution in [-0.2, 0) is 32.7 Å². The molecule has 61 heavy (non-hydrogen) atoms. The molecule has 1 rings (SSSR count). The van der Waals surface area contributed by atoms with Gasteiger partial charge >= 0.3 is 19.8 Å². The monoisotopic (exact) mass is 881 g/mol. The predicted octanol–water partition coefficient (Wildman–Crippen LogP) is 8.50. The van der Waals surface area contributed by atoms with Gasteiger partial charge in [-0.2, -0.15) is 0 Å². The van der Waals surface area contributed by atoms with E-state index in [9.17, 15) is 44.6 Å². The molecule has 1 fully saturated rings. The number of allylic oxidation sites excluding steroid dienone is 14. The van der Waals surface area contributed by atoms with Crippen LogP contribution < -0.4 is 0 Å². The summed E-state index contributed by atoms with van der Waals surface area (Å²) in [5.41, 5.74) is 0.